The SMILES string of the molecule is CCN(Cc1cccc(F)c1)C(=O)CSc1nnc(N2CCOCC2)n1-c1ccccc1C. The molecule has 1 aliphatic rings. The number of carbonyl (C=O) groups excluding carboxylic acids is 1. The lowest BCUT2D eigenvalue weighted by Gasteiger charge is -2.28. The molecular formula is C24H28FN5O2S. The number of rotatable bonds is 8. The number of hydrogen-bond donors (Lipinski definition) is 0. The zero-order valence-electron chi connectivity index (χ0n) is 18.9. The van der Waals surface area contributed by atoms with Crippen LogP contribution in [0.5, 0.6) is 0 Å². The molecule has 2 aromatic carbocycles. The summed E-state index contributed by atoms with van der Waals surface area (Å²) in [6.45, 7) is 7.66. The van der Waals surface area contributed by atoms with Gasteiger partial charge < -0.3 is 14.5 Å². The minimum absolute atomic E-state index is 0.0287. The van der Waals surface area contributed by atoms with Gasteiger partial charge in [0.15, 0.2) is 5.16 Å². The fourth-order valence-electron chi connectivity index (χ4n) is 3.80. The Bertz CT molecular complexity index is 1100. The Balaban J connectivity index is 1.54. The molecule has 174 valence electrons. The van der Waals surface area contributed by atoms with Crippen molar-refractivity contribution in [1.82, 2.24) is 19.7 Å². The fourth-order valence-corrected chi connectivity index (χ4v) is 4.64. The van der Waals surface area contributed by atoms with Crippen molar-refractivity contribution >= 4 is 23.6 Å². The summed E-state index contributed by atoms with van der Waals surface area (Å²) in [4.78, 5) is 16.9. The van der Waals surface area contributed by atoms with E-state index in [0.717, 1.165) is 35.9 Å². The number of aromatic nitrogens is 3. The molecule has 7 nitrogen and oxygen atoms in total. The second-order valence-electron chi connectivity index (χ2n) is 7.83. The van der Waals surface area contributed by atoms with Gasteiger partial charge in [0, 0.05) is 26.2 Å². The second-order valence-corrected chi connectivity index (χ2v) is 8.77. The van der Waals surface area contributed by atoms with E-state index < -0.39 is 0 Å². The Morgan fingerprint density at radius 3 is 2.67 bits per heavy atom. The van der Waals surface area contributed by atoms with E-state index in [0.29, 0.717) is 31.5 Å². The Hall–Kier alpha value is -2.91. The average Bonchev–Trinajstić information content (AvgIpc) is 3.25. The van der Waals surface area contributed by atoms with E-state index in [1.165, 1.54) is 23.9 Å². The summed E-state index contributed by atoms with van der Waals surface area (Å²) in [6.07, 6.45) is 0. The molecule has 1 amide bonds. The Kier molecular flexibility index (Phi) is 7.61. The normalized spacial score (nSPS) is 13.8. The summed E-state index contributed by atoms with van der Waals surface area (Å²) in [5.74, 6) is 0.650. The Morgan fingerprint density at radius 1 is 1.15 bits per heavy atom. The first-order chi connectivity index (χ1) is 16.1. The number of nitrogens with zero attached hydrogens (tertiary/aromatic N) is 5. The van der Waals surface area contributed by atoms with E-state index in [1.54, 1.807) is 11.0 Å². The van der Waals surface area contributed by atoms with Gasteiger partial charge in [-0.25, -0.2) is 4.39 Å². The number of thioether (sulfide) groups is 1. The first kappa shape index (κ1) is 23.3. The van der Waals surface area contributed by atoms with E-state index in [9.17, 15) is 9.18 Å². The molecule has 0 aliphatic carbocycles. The maximum Gasteiger partial charge on any atom is 0.233 e. The number of carbonyl (C=O) groups is 1. The third kappa shape index (κ3) is 5.54. The molecule has 2 heterocycles. The number of aryl methyl sites for hydroxylation is 1. The fraction of sp³-hybridized carbons (Fsp3) is 0.375. The molecule has 3 aromatic rings. The number of hydrogen-bond acceptors (Lipinski definition) is 6. The number of para-hydroxylation sites is 1. The summed E-state index contributed by atoms with van der Waals surface area (Å²) >= 11 is 1.37. The van der Waals surface area contributed by atoms with E-state index in [1.807, 2.05) is 35.8 Å². The molecule has 9 heteroatoms. The highest BCUT2D eigenvalue weighted by molar-refractivity contribution is 7.99. The van der Waals surface area contributed by atoms with E-state index >= 15 is 0 Å². The molecule has 0 atom stereocenters. The van der Waals surface area contributed by atoms with Crippen LogP contribution in [0.25, 0.3) is 5.69 Å². The quantitative estimate of drug-likeness (QED) is 0.469. The van der Waals surface area contributed by atoms with Gasteiger partial charge in [-0.2, -0.15) is 0 Å². The first-order valence-electron chi connectivity index (χ1n) is 11.1. The summed E-state index contributed by atoms with van der Waals surface area (Å²) in [7, 11) is 0. The molecule has 0 bridgehead atoms. The van der Waals surface area contributed by atoms with Crippen molar-refractivity contribution in [3.05, 3.63) is 65.5 Å². The van der Waals surface area contributed by atoms with Crippen molar-refractivity contribution in [2.75, 3.05) is 43.5 Å². The first-order valence-corrected chi connectivity index (χ1v) is 12.0. The number of ether oxygens (including phenoxy) is 1. The van der Waals surface area contributed by atoms with Crippen molar-refractivity contribution in [3.8, 4) is 5.69 Å². The maximum absolute atomic E-state index is 13.5. The number of morpholine rings is 1. The minimum atomic E-state index is -0.299. The molecule has 33 heavy (non-hydrogen) atoms. The molecule has 1 fully saturated rings. The van der Waals surface area contributed by atoms with Crippen LogP contribution >= 0.6 is 11.8 Å². The van der Waals surface area contributed by atoms with Gasteiger partial charge in [-0.15, -0.1) is 10.2 Å². The van der Waals surface area contributed by atoms with E-state index in [2.05, 4.69) is 28.1 Å². The lowest BCUT2D eigenvalue weighted by atomic mass is 10.2. The van der Waals surface area contributed by atoms with Gasteiger partial charge >= 0.3 is 0 Å². The minimum Gasteiger partial charge on any atom is -0.378 e. The summed E-state index contributed by atoms with van der Waals surface area (Å²) in [6, 6.07) is 14.4. The molecule has 1 aliphatic heterocycles. The highest BCUT2D eigenvalue weighted by Gasteiger charge is 2.23. The molecule has 0 spiro atoms. The highest BCUT2D eigenvalue weighted by atomic mass is 32.2. The molecule has 4 rings (SSSR count). The van der Waals surface area contributed by atoms with Crippen molar-refractivity contribution in [2.24, 2.45) is 0 Å². The predicted molar refractivity (Wildman–Crippen MR) is 127 cm³/mol. The van der Waals surface area contributed by atoms with Gasteiger partial charge in [0.05, 0.1) is 24.7 Å². The van der Waals surface area contributed by atoms with Crippen LogP contribution in [0.2, 0.25) is 0 Å². The van der Waals surface area contributed by atoms with Crippen LogP contribution in [0, 0.1) is 12.7 Å². The summed E-state index contributed by atoms with van der Waals surface area (Å²) in [5.41, 5.74) is 2.86. The molecule has 0 radical (unpaired) electrons. The number of amides is 1. The van der Waals surface area contributed by atoms with Crippen LogP contribution < -0.4 is 4.90 Å². The van der Waals surface area contributed by atoms with Crippen molar-refractivity contribution < 1.29 is 13.9 Å². The van der Waals surface area contributed by atoms with Crippen LogP contribution in [0.1, 0.15) is 18.1 Å². The third-order valence-corrected chi connectivity index (χ3v) is 6.50. The van der Waals surface area contributed by atoms with E-state index in [-0.39, 0.29) is 17.5 Å². The largest absolute Gasteiger partial charge is 0.378 e. The molecule has 0 unspecified atom stereocenters. The Labute approximate surface area is 197 Å². The van der Waals surface area contributed by atoms with Gasteiger partial charge in [-0.1, -0.05) is 42.1 Å². The summed E-state index contributed by atoms with van der Waals surface area (Å²) in [5, 5.41) is 9.58. The van der Waals surface area contributed by atoms with Crippen LogP contribution in [0.3, 0.4) is 0 Å². The van der Waals surface area contributed by atoms with Gasteiger partial charge in [0.1, 0.15) is 5.82 Å². The summed E-state index contributed by atoms with van der Waals surface area (Å²) < 4.78 is 21.1. The number of halogens is 1. The van der Waals surface area contributed by atoms with E-state index in [4.69, 9.17) is 4.74 Å². The molecule has 1 aromatic heterocycles. The van der Waals surface area contributed by atoms with Gasteiger partial charge in [-0.05, 0) is 43.2 Å². The molecule has 0 N–H and O–H groups in total. The van der Waals surface area contributed by atoms with Gasteiger partial charge in [0.2, 0.25) is 11.9 Å². The molecular weight excluding hydrogens is 441 g/mol. The van der Waals surface area contributed by atoms with Crippen molar-refractivity contribution in [2.45, 2.75) is 25.5 Å². The van der Waals surface area contributed by atoms with Gasteiger partial charge in [-0.3, -0.25) is 9.36 Å². The van der Waals surface area contributed by atoms with Gasteiger partial charge in [0.25, 0.3) is 0 Å². The van der Waals surface area contributed by atoms with Crippen LogP contribution in [0.15, 0.2) is 53.7 Å². The monoisotopic (exact) mass is 469 g/mol. The van der Waals surface area contributed by atoms with Crippen LogP contribution in [0.4, 0.5) is 10.3 Å². The lowest BCUT2D eigenvalue weighted by Crippen LogP contribution is -2.38. The van der Waals surface area contributed by atoms with Crippen molar-refractivity contribution in [1.29, 1.82) is 0 Å². The van der Waals surface area contributed by atoms with Crippen LogP contribution in [-0.2, 0) is 16.1 Å². The smallest absolute Gasteiger partial charge is 0.233 e. The Morgan fingerprint density at radius 2 is 1.94 bits per heavy atom. The predicted octanol–water partition coefficient (Wildman–Crippen LogP) is 3.69. The maximum atomic E-state index is 13.5. The molecule has 0 saturated carbocycles. The molecule has 1 saturated heterocycles. The lowest BCUT2D eigenvalue weighted by molar-refractivity contribution is -0.128. The number of benzene rings is 2. The third-order valence-electron chi connectivity index (χ3n) is 5.59. The van der Waals surface area contributed by atoms with Crippen LogP contribution in [-0.4, -0.2) is 64.2 Å². The standard InChI is InChI=1S/C24H28FN5O2S/c1-3-28(16-19-8-6-9-20(25)15-19)22(31)17-33-24-27-26-23(29-11-13-32-14-12-29)30(24)21-10-5-4-7-18(21)2/h4-10,15H,3,11-14,16-17H2,1-2H3. The average molecular weight is 470 g/mol. The zero-order chi connectivity index (χ0) is 23.2. The number of anilines is 1. The topological polar surface area (TPSA) is 63.5 Å². The zero-order valence-corrected chi connectivity index (χ0v) is 19.7. The second kappa shape index (κ2) is 10.8. The highest BCUT2D eigenvalue weighted by Crippen LogP contribution is 2.29. The van der Waals surface area contributed by atoms with Crippen molar-refractivity contribution in [3.63, 3.8) is 0 Å².